The number of nitrogens with zero attached hydrogens (tertiary/aromatic N) is 5. The third-order valence-electron chi connectivity index (χ3n) is 5.77. The molecule has 1 saturated heterocycles. The van der Waals surface area contributed by atoms with Gasteiger partial charge in [0.25, 0.3) is 5.91 Å². The van der Waals surface area contributed by atoms with E-state index in [1.807, 2.05) is 0 Å². The maximum atomic E-state index is 15.3. The van der Waals surface area contributed by atoms with E-state index in [2.05, 4.69) is 26.9 Å². The van der Waals surface area contributed by atoms with E-state index in [-0.39, 0.29) is 40.5 Å². The quantitative estimate of drug-likeness (QED) is 0.450. The van der Waals surface area contributed by atoms with Crippen LogP contribution in [0.25, 0.3) is 22.3 Å². The van der Waals surface area contributed by atoms with Crippen molar-refractivity contribution < 1.29 is 18.3 Å². The molecule has 5 rings (SSSR count). The van der Waals surface area contributed by atoms with Crippen LogP contribution >= 0.6 is 0 Å². The smallest absolute Gasteiger partial charge is 0.298 e. The number of hydrogen-bond acceptors (Lipinski definition) is 6. The number of hydrogen-bond donors (Lipinski definition) is 1. The van der Waals surface area contributed by atoms with E-state index in [1.165, 1.54) is 36.7 Å². The maximum absolute atomic E-state index is 15.3. The lowest BCUT2D eigenvalue weighted by atomic mass is 10.1. The van der Waals surface area contributed by atoms with Crippen LogP contribution in [0, 0.1) is 23.5 Å². The molecule has 4 aromatic rings. The first-order valence-electron chi connectivity index (χ1n) is 10.9. The predicted molar refractivity (Wildman–Crippen MR) is 125 cm³/mol. The average molecular weight is 474 g/mol. The van der Waals surface area contributed by atoms with Crippen molar-refractivity contribution in [2.75, 3.05) is 18.8 Å². The second-order valence-corrected chi connectivity index (χ2v) is 8.02. The molecule has 1 aliphatic rings. The second-order valence-electron chi connectivity index (χ2n) is 8.02. The molecule has 2 aromatic carbocycles. The van der Waals surface area contributed by atoms with Crippen LogP contribution in [0.4, 0.5) is 14.6 Å². The number of halogens is 2. The van der Waals surface area contributed by atoms with E-state index in [1.54, 1.807) is 28.6 Å². The minimum atomic E-state index is -0.602. The third-order valence-corrected chi connectivity index (χ3v) is 5.77. The fraction of sp³-hybridized carbons (Fsp3) is 0.200. The van der Waals surface area contributed by atoms with Gasteiger partial charge in [0.05, 0.1) is 11.4 Å². The molecule has 10 heteroatoms. The molecule has 1 atom stereocenters. The minimum absolute atomic E-state index is 0.165. The van der Waals surface area contributed by atoms with Crippen LogP contribution in [0.3, 0.4) is 0 Å². The number of fused-ring (bicyclic) bond motifs is 1. The summed E-state index contributed by atoms with van der Waals surface area (Å²) in [6, 6.07) is 9.68. The number of benzene rings is 2. The molecular weight excluding hydrogens is 454 g/mol. The molecule has 1 unspecified atom stereocenters. The van der Waals surface area contributed by atoms with Crippen molar-refractivity contribution in [3.05, 3.63) is 60.4 Å². The molecule has 2 N–H and O–H groups in total. The number of carbonyl (C=O) groups excluding carboxylic acids is 1. The number of anilines is 1. The van der Waals surface area contributed by atoms with Crippen LogP contribution < -0.4 is 10.5 Å². The van der Waals surface area contributed by atoms with E-state index >= 15 is 4.39 Å². The maximum Gasteiger partial charge on any atom is 0.298 e. The molecule has 2 aromatic heterocycles. The van der Waals surface area contributed by atoms with Gasteiger partial charge in [0, 0.05) is 30.8 Å². The van der Waals surface area contributed by atoms with Crippen molar-refractivity contribution >= 4 is 22.8 Å². The third kappa shape index (κ3) is 4.24. The summed E-state index contributed by atoms with van der Waals surface area (Å²) in [7, 11) is 0. The lowest BCUT2D eigenvalue weighted by Crippen LogP contribution is -2.28. The monoisotopic (exact) mass is 474 g/mol. The Balaban J connectivity index is 1.51. The summed E-state index contributed by atoms with van der Waals surface area (Å²) in [5.41, 5.74) is 7.07. The zero-order valence-corrected chi connectivity index (χ0v) is 18.7. The van der Waals surface area contributed by atoms with Crippen LogP contribution in [0.2, 0.25) is 0 Å². The number of aromatic nitrogens is 4. The Morgan fingerprint density at radius 1 is 1.17 bits per heavy atom. The Morgan fingerprint density at radius 2 is 2.00 bits per heavy atom. The first-order valence-corrected chi connectivity index (χ1v) is 10.9. The minimum Gasteiger partial charge on any atom is -0.457 e. The van der Waals surface area contributed by atoms with Gasteiger partial charge < -0.3 is 15.4 Å². The van der Waals surface area contributed by atoms with Crippen molar-refractivity contribution in [3.63, 3.8) is 0 Å². The lowest BCUT2D eigenvalue weighted by Gasteiger charge is -2.14. The first-order chi connectivity index (χ1) is 16.9. The number of nitrogen functional groups attached to an aromatic ring is 1. The topological polar surface area (TPSA) is 99.2 Å². The summed E-state index contributed by atoms with van der Waals surface area (Å²) in [6.07, 6.45) is 1.96. The van der Waals surface area contributed by atoms with Crippen molar-refractivity contribution in [1.82, 2.24) is 24.6 Å². The Bertz CT molecular complexity index is 1510. The Morgan fingerprint density at radius 3 is 2.77 bits per heavy atom. The number of likely N-dealkylation sites (tertiary alicyclic amines) is 1. The molecule has 0 bridgehead atoms. The molecule has 3 heterocycles. The summed E-state index contributed by atoms with van der Waals surface area (Å²) in [6.45, 7) is 2.54. The van der Waals surface area contributed by atoms with Crippen LogP contribution in [-0.4, -0.2) is 43.6 Å². The molecule has 0 spiro atoms. The van der Waals surface area contributed by atoms with Gasteiger partial charge in [-0.3, -0.25) is 4.79 Å². The highest BCUT2D eigenvalue weighted by Crippen LogP contribution is 2.36. The zero-order chi connectivity index (χ0) is 24.5. The van der Waals surface area contributed by atoms with Crippen molar-refractivity contribution in [1.29, 1.82) is 0 Å². The summed E-state index contributed by atoms with van der Waals surface area (Å²) in [4.78, 5) is 22.2. The van der Waals surface area contributed by atoms with Gasteiger partial charge in [-0.05, 0) is 43.5 Å². The van der Waals surface area contributed by atoms with E-state index in [4.69, 9.17) is 10.5 Å². The Hall–Kier alpha value is -4.52. The summed E-state index contributed by atoms with van der Waals surface area (Å²) in [5.74, 6) is 4.47. The van der Waals surface area contributed by atoms with Crippen LogP contribution in [-0.2, 0) is 4.79 Å². The highest BCUT2D eigenvalue weighted by molar-refractivity contribution is 5.98. The number of rotatable bonds is 4. The standard InChI is InChI=1S/C25H20F2N6O2/c1-2-4-21(34)32-10-9-16(13-32)33-25-22(24(28)29-14-30-25)23(31-33)19-8-7-18(12-20(19)27)35-17-6-3-5-15(26)11-17/h3,5-8,11-12,14,16H,9-10,13H2,1H3,(H2,28,29,30). The second kappa shape index (κ2) is 9.02. The van der Waals surface area contributed by atoms with E-state index in [9.17, 15) is 9.18 Å². The molecule has 35 heavy (non-hydrogen) atoms. The summed E-state index contributed by atoms with van der Waals surface area (Å²) >= 11 is 0. The van der Waals surface area contributed by atoms with Gasteiger partial charge in [-0.1, -0.05) is 12.0 Å². The molecule has 1 aliphatic heterocycles. The number of nitrogens with two attached hydrogens (primary N) is 1. The number of ether oxygens (including phenoxy) is 1. The van der Waals surface area contributed by atoms with Crippen LogP contribution in [0.5, 0.6) is 11.5 Å². The van der Waals surface area contributed by atoms with Crippen molar-refractivity contribution in [3.8, 4) is 34.6 Å². The van der Waals surface area contributed by atoms with Crippen molar-refractivity contribution in [2.45, 2.75) is 19.4 Å². The molecule has 0 saturated carbocycles. The van der Waals surface area contributed by atoms with Gasteiger partial charge in [-0.15, -0.1) is 0 Å². The van der Waals surface area contributed by atoms with E-state index in [0.29, 0.717) is 30.5 Å². The average Bonchev–Trinajstić information content (AvgIpc) is 3.45. The van der Waals surface area contributed by atoms with Gasteiger partial charge in [-0.2, -0.15) is 5.10 Å². The van der Waals surface area contributed by atoms with Crippen LogP contribution in [0.15, 0.2) is 48.8 Å². The fourth-order valence-corrected chi connectivity index (χ4v) is 4.17. The highest BCUT2D eigenvalue weighted by atomic mass is 19.1. The highest BCUT2D eigenvalue weighted by Gasteiger charge is 2.30. The largest absolute Gasteiger partial charge is 0.457 e. The van der Waals surface area contributed by atoms with Gasteiger partial charge in [0.1, 0.15) is 41.0 Å². The molecule has 1 amide bonds. The van der Waals surface area contributed by atoms with Gasteiger partial charge in [0.2, 0.25) is 0 Å². The molecule has 176 valence electrons. The fourth-order valence-electron chi connectivity index (χ4n) is 4.17. The number of carbonyl (C=O) groups is 1. The van der Waals surface area contributed by atoms with Crippen LogP contribution in [0.1, 0.15) is 19.4 Å². The molecule has 0 aliphatic carbocycles. The molecule has 8 nitrogen and oxygen atoms in total. The van der Waals surface area contributed by atoms with Crippen molar-refractivity contribution in [2.24, 2.45) is 0 Å². The molecule has 0 radical (unpaired) electrons. The Kier molecular flexibility index (Phi) is 5.74. The lowest BCUT2D eigenvalue weighted by molar-refractivity contribution is -0.124. The summed E-state index contributed by atoms with van der Waals surface area (Å²) < 4.78 is 36.0. The molecular formula is C25H20F2N6O2. The number of amides is 1. The zero-order valence-electron chi connectivity index (χ0n) is 18.7. The van der Waals surface area contributed by atoms with Gasteiger partial charge in [0.15, 0.2) is 5.65 Å². The first kappa shape index (κ1) is 22.3. The summed E-state index contributed by atoms with van der Waals surface area (Å²) in [5, 5.41) is 5.08. The Labute approximate surface area is 199 Å². The van der Waals surface area contributed by atoms with Gasteiger partial charge in [-0.25, -0.2) is 23.4 Å². The van der Waals surface area contributed by atoms with E-state index in [0.717, 1.165) is 0 Å². The SMILES string of the molecule is CC#CC(=O)N1CCC(n2nc(-c3ccc(Oc4cccc(F)c4)cc3F)c3c(N)ncnc32)C1. The predicted octanol–water partition coefficient (Wildman–Crippen LogP) is 3.94. The normalized spacial score (nSPS) is 15.2. The molecule has 1 fully saturated rings. The van der Waals surface area contributed by atoms with E-state index < -0.39 is 11.6 Å². The van der Waals surface area contributed by atoms with Gasteiger partial charge >= 0.3 is 0 Å².